The Kier molecular flexibility index (Phi) is 3.96. The molecular formula is C14H16ClN3O3S. The van der Waals surface area contributed by atoms with Crippen molar-refractivity contribution in [1.29, 1.82) is 0 Å². The number of hydrogen-bond acceptors (Lipinski definition) is 5. The van der Waals surface area contributed by atoms with Gasteiger partial charge in [0.2, 0.25) is 15.9 Å². The van der Waals surface area contributed by atoms with Crippen LogP contribution in [0.15, 0.2) is 27.6 Å². The predicted molar refractivity (Wildman–Crippen MR) is 81.1 cm³/mol. The molecule has 1 saturated heterocycles. The first-order chi connectivity index (χ1) is 10.4. The lowest BCUT2D eigenvalue weighted by molar-refractivity contribution is 0.289. The van der Waals surface area contributed by atoms with E-state index in [9.17, 15) is 8.42 Å². The van der Waals surface area contributed by atoms with Crippen LogP contribution in [0.5, 0.6) is 0 Å². The van der Waals surface area contributed by atoms with Crippen molar-refractivity contribution >= 4 is 21.6 Å². The molecule has 22 heavy (non-hydrogen) atoms. The highest BCUT2D eigenvalue weighted by Gasteiger charge is 2.39. The molecule has 0 spiro atoms. The molecule has 0 amide bonds. The van der Waals surface area contributed by atoms with Crippen LogP contribution in [-0.4, -0.2) is 29.4 Å². The Hall–Kier alpha value is -1.44. The topological polar surface area (TPSA) is 76.3 Å². The summed E-state index contributed by atoms with van der Waals surface area (Å²) < 4.78 is 32.6. The molecule has 0 radical (unpaired) electrons. The van der Waals surface area contributed by atoms with Crippen LogP contribution in [0.2, 0.25) is 5.02 Å². The minimum Gasteiger partial charge on any atom is -0.338 e. The quantitative estimate of drug-likeness (QED) is 0.858. The average molecular weight is 342 g/mol. The molecular weight excluding hydrogens is 326 g/mol. The van der Waals surface area contributed by atoms with E-state index in [1.807, 2.05) is 0 Å². The molecule has 118 valence electrons. The van der Waals surface area contributed by atoms with Crippen molar-refractivity contribution in [1.82, 2.24) is 14.4 Å². The summed E-state index contributed by atoms with van der Waals surface area (Å²) in [5.74, 6) is 0.844. The van der Waals surface area contributed by atoms with Crippen molar-refractivity contribution in [3.8, 4) is 0 Å². The molecule has 1 fully saturated rings. The van der Waals surface area contributed by atoms with E-state index >= 15 is 0 Å². The van der Waals surface area contributed by atoms with Crippen LogP contribution < -0.4 is 0 Å². The lowest BCUT2D eigenvalue weighted by atomic mass is 10.2. The third-order valence-electron chi connectivity index (χ3n) is 3.77. The summed E-state index contributed by atoms with van der Waals surface area (Å²) in [6.07, 6.45) is 1.42. The van der Waals surface area contributed by atoms with Gasteiger partial charge in [0.1, 0.15) is 6.04 Å². The van der Waals surface area contributed by atoms with Crippen molar-refractivity contribution < 1.29 is 12.9 Å². The number of aromatic nitrogens is 2. The highest BCUT2D eigenvalue weighted by molar-refractivity contribution is 7.89. The maximum atomic E-state index is 13.0. The summed E-state index contributed by atoms with van der Waals surface area (Å²) in [5.41, 5.74) is 0.664. The standard InChI is InChI=1S/C14H16ClN3O3S/c1-9-5-6-11(15)8-13(9)22(19,20)18-7-3-4-12(18)14-16-10(2)17-21-14/h5-6,8,12H,3-4,7H2,1-2H3. The van der Waals surface area contributed by atoms with Crippen LogP contribution >= 0.6 is 11.6 Å². The number of halogens is 1. The van der Waals surface area contributed by atoms with Gasteiger partial charge in [-0.1, -0.05) is 22.8 Å². The molecule has 8 heteroatoms. The molecule has 0 saturated carbocycles. The monoisotopic (exact) mass is 341 g/mol. The molecule has 1 unspecified atom stereocenters. The third-order valence-corrected chi connectivity index (χ3v) is 6.05. The van der Waals surface area contributed by atoms with Crippen LogP contribution in [0.25, 0.3) is 0 Å². The molecule has 1 atom stereocenters. The van der Waals surface area contributed by atoms with E-state index in [0.29, 0.717) is 35.3 Å². The summed E-state index contributed by atoms with van der Waals surface area (Å²) in [5, 5.41) is 4.15. The van der Waals surface area contributed by atoms with E-state index in [1.54, 1.807) is 26.0 Å². The summed E-state index contributed by atoms with van der Waals surface area (Å²) in [6, 6.07) is 4.46. The zero-order chi connectivity index (χ0) is 15.9. The zero-order valence-corrected chi connectivity index (χ0v) is 13.9. The summed E-state index contributed by atoms with van der Waals surface area (Å²) in [4.78, 5) is 4.41. The van der Waals surface area contributed by atoms with Gasteiger partial charge < -0.3 is 4.52 Å². The minimum absolute atomic E-state index is 0.225. The van der Waals surface area contributed by atoms with E-state index in [1.165, 1.54) is 10.4 Å². The number of benzene rings is 1. The molecule has 1 aromatic heterocycles. The first kappa shape index (κ1) is 15.5. The third kappa shape index (κ3) is 2.64. The van der Waals surface area contributed by atoms with E-state index in [-0.39, 0.29) is 4.90 Å². The lowest BCUT2D eigenvalue weighted by Crippen LogP contribution is -2.31. The number of hydrogen-bond donors (Lipinski definition) is 0. The maximum absolute atomic E-state index is 13.0. The Morgan fingerprint density at radius 2 is 2.14 bits per heavy atom. The Morgan fingerprint density at radius 3 is 2.82 bits per heavy atom. The van der Waals surface area contributed by atoms with Crippen molar-refractivity contribution in [2.75, 3.05) is 6.54 Å². The molecule has 0 aliphatic carbocycles. The highest BCUT2D eigenvalue weighted by Crippen LogP contribution is 2.37. The highest BCUT2D eigenvalue weighted by atomic mass is 35.5. The van der Waals surface area contributed by atoms with Gasteiger partial charge in [0, 0.05) is 11.6 Å². The predicted octanol–water partition coefficient (Wildman–Crippen LogP) is 2.87. The van der Waals surface area contributed by atoms with E-state index in [0.717, 1.165) is 6.42 Å². The molecule has 1 aliphatic heterocycles. The fourth-order valence-corrected chi connectivity index (χ4v) is 4.84. The number of sulfonamides is 1. The first-order valence-corrected chi connectivity index (χ1v) is 8.79. The van der Waals surface area contributed by atoms with Crippen LogP contribution in [-0.2, 0) is 10.0 Å². The van der Waals surface area contributed by atoms with Gasteiger partial charge in [0.15, 0.2) is 5.82 Å². The fourth-order valence-electron chi connectivity index (χ4n) is 2.70. The van der Waals surface area contributed by atoms with Gasteiger partial charge in [0.25, 0.3) is 0 Å². The van der Waals surface area contributed by atoms with E-state index in [2.05, 4.69) is 10.1 Å². The number of rotatable bonds is 3. The molecule has 3 rings (SSSR count). The van der Waals surface area contributed by atoms with Gasteiger partial charge in [-0.15, -0.1) is 0 Å². The maximum Gasteiger partial charge on any atom is 0.245 e. The fraction of sp³-hybridized carbons (Fsp3) is 0.429. The second kappa shape index (κ2) is 5.64. The zero-order valence-electron chi connectivity index (χ0n) is 12.3. The largest absolute Gasteiger partial charge is 0.338 e. The van der Waals surface area contributed by atoms with Crippen LogP contribution in [0.4, 0.5) is 0 Å². The summed E-state index contributed by atoms with van der Waals surface area (Å²) in [6.45, 7) is 3.90. The van der Waals surface area contributed by atoms with Gasteiger partial charge in [-0.3, -0.25) is 0 Å². The van der Waals surface area contributed by atoms with Gasteiger partial charge in [-0.05, 0) is 44.4 Å². The van der Waals surface area contributed by atoms with E-state index < -0.39 is 16.1 Å². The first-order valence-electron chi connectivity index (χ1n) is 6.98. The van der Waals surface area contributed by atoms with Gasteiger partial charge in [-0.2, -0.15) is 9.29 Å². The molecule has 2 aromatic rings. The normalized spacial score (nSPS) is 19.7. The van der Waals surface area contributed by atoms with Crippen molar-refractivity contribution in [2.45, 2.75) is 37.6 Å². The Balaban J connectivity index is 2.02. The van der Waals surface area contributed by atoms with Crippen molar-refractivity contribution in [3.05, 3.63) is 40.5 Å². The summed E-state index contributed by atoms with van der Waals surface area (Å²) >= 11 is 5.96. The summed E-state index contributed by atoms with van der Waals surface area (Å²) in [7, 11) is -3.66. The smallest absolute Gasteiger partial charge is 0.245 e. The van der Waals surface area contributed by atoms with Gasteiger partial charge in [0.05, 0.1) is 4.90 Å². The molecule has 1 aromatic carbocycles. The van der Waals surface area contributed by atoms with E-state index in [4.69, 9.17) is 16.1 Å². The Morgan fingerprint density at radius 1 is 1.36 bits per heavy atom. The van der Waals surface area contributed by atoms with Crippen LogP contribution in [0, 0.1) is 13.8 Å². The SMILES string of the molecule is Cc1noc(C2CCCN2S(=O)(=O)c2cc(Cl)ccc2C)n1. The molecule has 6 nitrogen and oxygen atoms in total. The van der Waals surface area contributed by atoms with Gasteiger partial charge >= 0.3 is 0 Å². The number of aryl methyl sites for hydroxylation is 2. The second-order valence-corrected chi connectivity index (χ2v) is 7.66. The second-order valence-electron chi connectivity index (χ2n) is 5.36. The Bertz CT molecular complexity index is 803. The van der Waals surface area contributed by atoms with Gasteiger partial charge in [-0.25, -0.2) is 8.42 Å². The number of nitrogens with zero attached hydrogens (tertiary/aromatic N) is 3. The van der Waals surface area contributed by atoms with Crippen LogP contribution in [0.3, 0.4) is 0 Å². The van der Waals surface area contributed by atoms with Crippen LogP contribution in [0.1, 0.15) is 36.2 Å². The lowest BCUT2D eigenvalue weighted by Gasteiger charge is -2.22. The Labute approximate surface area is 134 Å². The minimum atomic E-state index is -3.66. The molecule has 0 bridgehead atoms. The van der Waals surface area contributed by atoms with Crippen molar-refractivity contribution in [2.24, 2.45) is 0 Å². The molecule has 2 heterocycles. The molecule has 0 N–H and O–H groups in total. The average Bonchev–Trinajstić information content (AvgIpc) is 3.09. The van der Waals surface area contributed by atoms with Crippen molar-refractivity contribution in [3.63, 3.8) is 0 Å². The molecule has 1 aliphatic rings.